The predicted octanol–water partition coefficient (Wildman–Crippen LogP) is 17.9. The maximum absolute atomic E-state index is 11.0. The molecule has 5 rings (SSSR count). The van der Waals surface area contributed by atoms with E-state index in [4.69, 9.17) is 72.6 Å². The van der Waals surface area contributed by atoms with Gasteiger partial charge in [0.05, 0.1) is 13.2 Å². The fraction of sp³-hybridized carbons (Fsp3) is 0.250. The first-order valence-corrected chi connectivity index (χ1v) is 29.7. The number of carbonyl (C=O) groups is 3. The smallest absolute Gasteiger partial charge is 0.330 e. The number of alkyl halides is 1. The molecule has 0 fully saturated rings. The predicted molar refractivity (Wildman–Crippen MR) is 293 cm³/mol. The molecule has 0 aromatic heterocycles. The minimum absolute atomic E-state index is 0. The molecule has 0 spiro atoms. The van der Waals surface area contributed by atoms with Gasteiger partial charge in [0, 0.05) is 77.0 Å². The molecule has 0 aliphatic heterocycles. The number of aliphatic hydroxyl groups is 1. The SMILES string of the molecule is BrP(Br)Br.CCOC(=O)/C=C\c1ccc(Cl)cc1.CCOC(=O)CCc1ccc(Cl)cc1.Clc1ccc(CCCBr)cc1.O=Cc1ccc(Cl)cc1.OCCCc1ccc(Cl)cc1.[CH3-].[HH].[Pd]. The Labute approximate surface area is 460 Å². The van der Waals surface area contributed by atoms with Crippen LogP contribution in [0.3, 0.4) is 0 Å². The molecule has 65 heavy (non-hydrogen) atoms. The van der Waals surface area contributed by atoms with Crippen LogP contribution in [0.1, 0.15) is 67.1 Å². The van der Waals surface area contributed by atoms with Gasteiger partial charge in [-0.3, -0.25) is 9.59 Å². The van der Waals surface area contributed by atoms with Gasteiger partial charge in [-0.2, -0.15) is 0 Å². The van der Waals surface area contributed by atoms with Gasteiger partial charge in [-0.05, 0) is 181 Å². The van der Waals surface area contributed by atoms with Crippen molar-refractivity contribution in [3.63, 3.8) is 0 Å². The van der Waals surface area contributed by atoms with Crippen LogP contribution in [0.25, 0.3) is 6.08 Å². The maximum atomic E-state index is 11.0. The molecular formula is C48H55Br4Cl5O6PPd-. The molecule has 5 aromatic rings. The Bertz CT molecular complexity index is 1920. The molecule has 0 heterocycles. The molecule has 5 aromatic carbocycles. The number of aldehydes is 1. The summed E-state index contributed by atoms with van der Waals surface area (Å²) < 4.78 is 9.37. The van der Waals surface area contributed by atoms with Crippen molar-refractivity contribution in [3.05, 3.63) is 188 Å². The molecule has 17 heteroatoms. The fourth-order valence-corrected chi connectivity index (χ4v) is 5.37. The zero-order chi connectivity index (χ0) is 47.3. The largest absolute Gasteiger partial charge is 0.466 e. The third-order valence-corrected chi connectivity index (χ3v) is 9.28. The van der Waals surface area contributed by atoms with Crippen LogP contribution in [0.5, 0.6) is 0 Å². The molecule has 0 unspecified atom stereocenters. The van der Waals surface area contributed by atoms with Crippen molar-refractivity contribution < 1.29 is 50.8 Å². The number of aliphatic hydroxyl groups excluding tert-OH is 1. The first kappa shape index (κ1) is 68.1. The number of rotatable bonds is 14. The third-order valence-electron chi connectivity index (χ3n) is 7.46. The number of benzene rings is 5. The van der Waals surface area contributed by atoms with Gasteiger partial charge in [-0.25, -0.2) is 4.79 Å². The number of esters is 2. The van der Waals surface area contributed by atoms with Crippen molar-refractivity contribution in [1.29, 1.82) is 0 Å². The van der Waals surface area contributed by atoms with Gasteiger partial charge in [-0.1, -0.05) is 135 Å². The standard InChI is InChI=1S/C11H13ClO2.C11H11ClO2.C9H10BrCl.C9H11ClO.C7H5ClO.CH3.Br3P.Pd.H2/c2*1-2-14-11(13)8-5-9-3-6-10(12)7-4-9;10-7-1-2-8-3-5-9(11)6-4-8;10-9-5-3-8(4-6-9)2-1-7-11;8-7-3-1-6(5-9)2-4-7;;1-4(2)3;;/h3-4,6-7H,2,5,8H2,1H3;3-8H,2H2,1H3;3-6H,1-2,7H2;3-6,11H,1-2,7H2;1-5H;1H3;;;1H/q;;;;;-1;;;/b;8-5-;;;;;;;. The molecule has 0 radical (unpaired) electrons. The van der Waals surface area contributed by atoms with E-state index in [2.05, 4.69) is 74.5 Å². The van der Waals surface area contributed by atoms with Crippen molar-refractivity contribution in [1.82, 2.24) is 0 Å². The zero-order valence-electron chi connectivity index (χ0n) is 36.0. The van der Waals surface area contributed by atoms with Gasteiger partial charge in [0.1, 0.15) is 10.3 Å². The van der Waals surface area contributed by atoms with Crippen LogP contribution >= 0.6 is 124 Å². The van der Waals surface area contributed by atoms with E-state index in [1.54, 1.807) is 56.3 Å². The van der Waals surface area contributed by atoms with Gasteiger partial charge in [0.2, 0.25) is 0 Å². The van der Waals surface area contributed by atoms with E-state index in [1.165, 1.54) is 23.6 Å². The Kier molecular flexibility index (Phi) is 47.5. The van der Waals surface area contributed by atoms with Crippen molar-refractivity contribution in [2.45, 2.75) is 52.4 Å². The molecule has 6 nitrogen and oxygen atoms in total. The maximum Gasteiger partial charge on any atom is 0.330 e. The average Bonchev–Trinajstić information content (AvgIpc) is 3.27. The molecule has 0 bridgehead atoms. The summed E-state index contributed by atoms with van der Waals surface area (Å²) >= 11 is 41.3. The second kappa shape index (κ2) is 45.3. The van der Waals surface area contributed by atoms with E-state index in [0.29, 0.717) is 46.7 Å². The molecule has 0 aliphatic carbocycles. The summed E-state index contributed by atoms with van der Waals surface area (Å²) in [4.78, 5) is 32.1. The Morgan fingerprint density at radius 2 is 0.938 bits per heavy atom. The van der Waals surface area contributed by atoms with Crippen LogP contribution < -0.4 is 0 Å². The summed E-state index contributed by atoms with van der Waals surface area (Å²) in [7, 11) is 0. The number of carbonyl (C=O) groups excluding carboxylic acids is 3. The van der Waals surface area contributed by atoms with Crippen LogP contribution in [0.15, 0.2) is 127 Å². The third kappa shape index (κ3) is 41.6. The molecule has 1 N–H and O–H groups in total. The van der Waals surface area contributed by atoms with Gasteiger partial charge in [0.25, 0.3) is 0 Å². The number of halogens is 9. The van der Waals surface area contributed by atoms with E-state index in [0.717, 1.165) is 52.1 Å². The van der Waals surface area contributed by atoms with E-state index >= 15 is 0 Å². The van der Waals surface area contributed by atoms with Crippen molar-refractivity contribution in [2.75, 3.05) is 25.2 Å². The second-order valence-corrected chi connectivity index (χ2v) is 30.6. The van der Waals surface area contributed by atoms with Crippen LogP contribution in [0.2, 0.25) is 25.1 Å². The second-order valence-electron chi connectivity index (χ2n) is 12.3. The normalized spacial score (nSPS) is 9.55. The Balaban J connectivity index is -0.000000355. The van der Waals surface area contributed by atoms with E-state index in [9.17, 15) is 14.4 Å². The van der Waals surface area contributed by atoms with Crippen LogP contribution in [-0.2, 0) is 58.7 Å². The summed E-state index contributed by atoms with van der Waals surface area (Å²) in [6, 6.07) is 37.1. The molecule has 0 saturated carbocycles. The van der Waals surface area contributed by atoms with Crippen molar-refractivity contribution in [3.8, 4) is 0 Å². The van der Waals surface area contributed by atoms with Gasteiger partial charge >= 0.3 is 11.9 Å². The summed E-state index contributed by atoms with van der Waals surface area (Å²) in [6.45, 7) is 4.67. The fourth-order valence-electron chi connectivity index (χ4n) is 4.46. The van der Waals surface area contributed by atoms with E-state index in [-0.39, 0.29) is 51.9 Å². The van der Waals surface area contributed by atoms with Crippen molar-refractivity contribution in [2.24, 2.45) is 0 Å². The summed E-state index contributed by atoms with van der Waals surface area (Å²) in [5.74, 6) is -0.482. The Morgan fingerprint density at radius 1 is 0.600 bits per heavy atom. The molecule has 0 saturated heterocycles. The first-order valence-electron chi connectivity index (χ1n) is 19.3. The van der Waals surface area contributed by atoms with E-state index in [1.807, 2.05) is 72.8 Å². The number of aryl methyl sites for hydroxylation is 3. The van der Waals surface area contributed by atoms with Gasteiger partial charge in [0.15, 0.2) is 0 Å². The number of ether oxygens (including phenoxy) is 2. The average molecular weight is 1360 g/mol. The Morgan fingerprint density at radius 3 is 1.28 bits per heavy atom. The first-order chi connectivity index (χ1) is 30.1. The number of hydrogen-bond acceptors (Lipinski definition) is 6. The van der Waals surface area contributed by atoms with Crippen LogP contribution in [0, 0.1) is 7.43 Å². The van der Waals surface area contributed by atoms with Gasteiger partial charge in [-0.15, -0.1) is 0 Å². The van der Waals surface area contributed by atoms with Crippen molar-refractivity contribution >= 4 is 149 Å². The minimum Gasteiger partial charge on any atom is -0.466 e. The van der Waals surface area contributed by atoms with Gasteiger partial charge < -0.3 is 22.0 Å². The molecule has 0 atom stereocenters. The molecular weight excluding hydrogens is 1310 g/mol. The minimum atomic E-state index is -0.331. The molecule has 362 valence electrons. The summed E-state index contributed by atoms with van der Waals surface area (Å²) in [5.41, 5.74) is 5.25. The number of hydrogen-bond donors (Lipinski definition) is 1. The summed E-state index contributed by atoms with van der Waals surface area (Å²) in [6.07, 6.45) is 9.06. The van der Waals surface area contributed by atoms with Crippen LogP contribution in [-0.4, -0.2) is 48.5 Å². The summed E-state index contributed by atoms with van der Waals surface area (Å²) in [5, 5.41) is 13.2. The molecule has 0 aliphatic rings. The van der Waals surface area contributed by atoms with Crippen LogP contribution in [0.4, 0.5) is 0 Å². The molecule has 0 amide bonds. The topological polar surface area (TPSA) is 89.9 Å². The monoisotopic (exact) mass is 1350 g/mol. The quantitative estimate of drug-likeness (QED) is 0.0227. The van der Waals surface area contributed by atoms with E-state index < -0.39 is 0 Å². The Hall–Kier alpha value is -1.13. The zero-order valence-corrected chi connectivity index (χ0v) is 48.6.